The number of methoxy groups -OCH3 is 1. The van der Waals surface area contributed by atoms with Crippen LogP contribution in [0.5, 0.6) is 5.88 Å². The van der Waals surface area contributed by atoms with Gasteiger partial charge < -0.3 is 20.4 Å². The first-order chi connectivity index (χ1) is 15.7. The van der Waals surface area contributed by atoms with Gasteiger partial charge in [-0.3, -0.25) is 4.90 Å². The summed E-state index contributed by atoms with van der Waals surface area (Å²) in [7, 11) is 1.59. The number of hydrogen-bond donors (Lipinski definition) is 3. The molecule has 0 radical (unpaired) electrons. The van der Waals surface area contributed by atoms with Crippen molar-refractivity contribution in [2.75, 3.05) is 38.6 Å². The van der Waals surface area contributed by atoms with Crippen LogP contribution in [-0.4, -0.2) is 63.1 Å². The van der Waals surface area contributed by atoms with E-state index in [9.17, 15) is 0 Å². The van der Waals surface area contributed by atoms with Crippen LogP contribution in [0.3, 0.4) is 0 Å². The highest BCUT2D eigenvalue weighted by Gasteiger charge is 2.18. The number of pyridine rings is 1. The van der Waals surface area contributed by atoms with Crippen molar-refractivity contribution in [1.29, 1.82) is 0 Å². The third-order valence-electron chi connectivity index (χ3n) is 5.84. The van der Waals surface area contributed by atoms with E-state index in [1.165, 1.54) is 11.9 Å². The second-order valence-electron chi connectivity index (χ2n) is 7.82. The number of piperazine rings is 1. The summed E-state index contributed by atoms with van der Waals surface area (Å²) >= 11 is 0. The summed E-state index contributed by atoms with van der Waals surface area (Å²) in [5, 5.41) is 6.72. The maximum absolute atomic E-state index is 5.21. The Morgan fingerprint density at radius 3 is 2.78 bits per heavy atom. The van der Waals surface area contributed by atoms with E-state index in [-0.39, 0.29) is 0 Å². The number of nitrogens with zero attached hydrogens (tertiary/aromatic N) is 5. The van der Waals surface area contributed by atoms with Crippen molar-refractivity contribution in [1.82, 2.24) is 35.1 Å². The zero-order valence-electron chi connectivity index (χ0n) is 18.2. The lowest BCUT2D eigenvalue weighted by molar-refractivity contribution is 0.185. The van der Waals surface area contributed by atoms with Gasteiger partial charge >= 0.3 is 0 Å². The molecule has 9 nitrogen and oxygen atoms in total. The molecule has 1 aromatic carbocycles. The van der Waals surface area contributed by atoms with Crippen LogP contribution in [0.25, 0.3) is 22.3 Å². The van der Waals surface area contributed by atoms with Crippen LogP contribution >= 0.6 is 0 Å². The van der Waals surface area contributed by atoms with E-state index < -0.39 is 0 Å². The lowest BCUT2D eigenvalue weighted by atomic mass is 10.1. The Labute approximate surface area is 186 Å². The van der Waals surface area contributed by atoms with Gasteiger partial charge in [-0.2, -0.15) is 0 Å². The summed E-state index contributed by atoms with van der Waals surface area (Å²) in [6, 6.07) is 12.3. The average Bonchev–Trinajstić information content (AvgIpc) is 3.25. The number of anilines is 2. The van der Waals surface area contributed by atoms with E-state index in [4.69, 9.17) is 4.74 Å². The lowest BCUT2D eigenvalue weighted by Crippen LogP contribution is -2.44. The zero-order chi connectivity index (χ0) is 21.9. The first kappa shape index (κ1) is 20.3. The van der Waals surface area contributed by atoms with E-state index in [0.717, 1.165) is 54.3 Å². The van der Waals surface area contributed by atoms with Gasteiger partial charge in [0.05, 0.1) is 23.8 Å². The summed E-state index contributed by atoms with van der Waals surface area (Å²) in [6.07, 6.45) is 3.35. The maximum atomic E-state index is 5.21. The molecule has 164 valence electrons. The van der Waals surface area contributed by atoms with Crippen molar-refractivity contribution < 1.29 is 4.74 Å². The predicted molar refractivity (Wildman–Crippen MR) is 124 cm³/mol. The zero-order valence-corrected chi connectivity index (χ0v) is 18.2. The van der Waals surface area contributed by atoms with Gasteiger partial charge in [-0.05, 0) is 36.8 Å². The molecular formula is C23H26N8O. The second-order valence-corrected chi connectivity index (χ2v) is 7.82. The van der Waals surface area contributed by atoms with Crippen LogP contribution < -0.4 is 15.4 Å². The first-order valence-electron chi connectivity index (χ1n) is 10.7. The van der Waals surface area contributed by atoms with Gasteiger partial charge in [0.1, 0.15) is 12.1 Å². The summed E-state index contributed by atoms with van der Waals surface area (Å²) in [6.45, 7) is 6.41. The first-order valence-corrected chi connectivity index (χ1v) is 10.7. The molecule has 0 saturated carbocycles. The minimum Gasteiger partial charge on any atom is -0.481 e. The Morgan fingerprint density at radius 2 is 1.94 bits per heavy atom. The van der Waals surface area contributed by atoms with Crippen LogP contribution in [-0.2, 0) is 0 Å². The molecule has 1 saturated heterocycles. The molecule has 0 bridgehead atoms. The number of H-pyrrole nitrogens is 1. The number of ether oxygens (including phenoxy) is 1. The highest BCUT2D eigenvalue weighted by Crippen LogP contribution is 2.26. The molecule has 1 aliphatic heterocycles. The second kappa shape index (κ2) is 8.89. The van der Waals surface area contributed by atoms with Gasteiger partial charge in [0, 0.05) is 50.0 Å². The fraction of sp³-hybridized carbons (Fsp3) is 0.304. The standard InChI is InChI=1S/C23H26N8O/c1-15(31-9-7-24-8-10-31)16-5-6-25-21(12-16)30-23-28-18-4-3-17(11-20(18)29-23)19-13-22(32-2)27-14-26-19/h3-6,11-15,24H,7-10H2,1-2H3,(H2,25,28,29,30). The van der Waals surface area contributed by atoms with E-state index in [2.05, 4.69) is 59.5 Å². The molecular weight excluding hydrogens is 404 g/mol. The quantitative estimate of drug-likeness (QED) is 0.429. The van der Waals surface area contributed by atoms with Crippen molar-refractivity contribution in [2.45, 2.75) is 13.0 Å². The molecule has 1 unspecified atom stereocenters. The Morgan fingerprint density at radius 1 is 1.06 bits per heavy atom. The minimum absolute atomic E-state index is 0.337. The Balaban J connectivity index is 1.36. The maximum Gasteiger partial charge on any atom is 0.216 e. The van der Waals surface area contributed by atoms with Gasteiger partial charge in [0.15, 0.2) is 0 Å². The molecule has 1 fully saturated rings. The summed E-state index contributed by atoms with van der Waals surface area (Å²) in [5.41, 5.74) is 4.76. The fourth-order valence-electron chi connectivity index (χ4n) is 4.01. The Kier molecular flexibility index (Phi) is 5.66. The van der Waals surface area contributed by atoms with Crippen LogP contribution in [0.15, 0.2) is 48.9 Å². The largest absolute Gasteiger partial charge is 0.481 e. The number of aromatic amines is 1. The van der Waals surface area contributed by atoms with E-state index >= 15 is 0 Å². The van der Waals surface area contributed by atoms with Crippen molar-refractivity contribution in [3.63, 3.8) is 0 Å². The van der Waals surface area contributed by atoms with Crippen molar-refractivity contribution in [3.8, 4) is 17.1 Å². The Hall–Kier alpha value is -3.56. The fourth-order valence-corrected chi connectivity index (χ4v) is 4.01. The molecule has 5 rings (SSSR count). The molecule has 32 heavy (non-hydrogen) atoms. The topological polar surface area (TPSA) is 104 Å². The number of rotatable bonds is 6. The lowest BCUT2D eigenvalue weighted by Gasteiger charge is -2.33. The van der Waals surface area contributed by atoms with Gasteiger partial charge in [0.2, 0.25) is 11.8 Å². The SMILES string of the molecule is COc1cc(-c2ccc3nc(Nc4cc(C(C)N5CCNCC5)ccn4)[nH]c3c2)ncn1. The van der Waals surface area contributed by atoms with Crippen molar-refractivity contribution in [2.24, 2.45) is 0 Å². The molecule has 4 aromatic rings. The molecule has 4 heterocycles. The number of fused-ring (bicyclic) bond motifs is 1. The number of hydrogen-bond acceptors (Lipinski definition) is 8. The Bertz CT molecular complexity index is 1220. The normalized spacial score (nSPS) is 15.6. The minimum atomic E-state index is 0.337. The summed E-state index contributed by atoms with van der Waals surface area (Å²) < 4.78 is 5.21. The molecule has 0 aliphatic carbocycles. The van der Waals surface area contributed by atoms with Crippen LogP contribution in [0.4, 0.5) is 11.8 Å². The number of nitrogens with one attached hydrogen (secondary N) is 3. The number of benzene rings is 1. The van der Waals surface area contributed by atoms with E-state index in [1.54, 1.807) is 7.11 Å². The van der Waals surface area contributed by atoms with Gasteiger partial charge in [0.25, 0.3) is 0 Å². The van der Waals surface area contributed by atoms with Gasteiger partial charge in [-0.25, -0.2) is 19.9 Å². The number of imidazole rings is 1. The van der Waals surface area contributed by atoms with Gasteiger partial charge in [-0.15, -0.1) is 0 Å². The van der Waals surface area contributed by atoms with Crippen molar-refractivity contribution >= 4 is 22.8 Å². The van der Waals surface area contributed by atoms with E-state index in [0.29, 0.717) is 17.9 Å². The monoisotopic (exact) mass is 430 g/mol. The molecule has 3 aromatic heterocycles. The molecule has 3 N–H and O–H groups in total. The van der Waals surface area contributed by atoms with Crippen molar-refractivity contribution in [3.05, 3.63) is 54.5 Å². The number of aromatic nitrogens is 5. The van der Waals surface area contributed by atoms with Crippen LogP contribution in [0, 0.1) is 0 Å². The molecule has 1 atom stereocenters. The van der Waals surface area contributed by atoms with Crippen LogP contribution in [0.1, 0.15) is 18.5 Å². The smallest absolute Gasteiger partial charge is 0.216 e. The predicted octanol–water partition coefficient (Wildman–Crippen LogP) is 3.13. The molecule has 0 amide bonds. The molecule has 0 spiro atoms. The molecule has 9 heteroatoms. The van der Waals surface area contributed by atoms with Crippen LogP contribution in [0.2, 0.25) is 0 Å². The summed E-state index contributed by atoms with van der Waals surface area (Å²) in [5.74, 6) is 1.95. The average molecular weight is 431 g/mol. The highest BCUT2D eigenvalue weighted by molar-refractivity contribution is 5.83. The third kappa shape index (κ3) is 4.25. The molecule has 1 aliphatic rings. The third-order valence-corrected chi connectivity index (χ3v) is 5.84. The van der Waals surface area contributed by atoms with E-state index in [1.807, 2.05) is 30.5 Å². The highest BCUT2D eigenvalue weighted by atomic mass is 16.5. The summed E-state index contributed by atoms with van der Waals surface area (Å²) in [4.78, 5) is 23.4. The van der Waals surface area contributed by atoms with Gasteiger partial charge in [-0.1, -0.05) is 6.07 Å².